The quantitative estimate of drug-likeness (QED) is 0.636. The Hall–Kier alpha value is -2.01. The van der Waals surface area contributed by atoms with Crippen LogP contribution in [0.2, 0.25) is 0 Å². The highest BCUT2D eigenvalue weighted by atomic mass is 79.9. The van der Waals surface area contributed by atoms with Crippen molar-refractivity contribution in [3.8, 4) is 0 Å². The summed E-state index contributed by atoms with van der Waals surface area (Å²) in [6, 6.07) is 12.3. The van der Waals surface area contributed by atoms with Gasteiger partial charge < -0.3 is 14.0 Å². The molecule has 0 saturated carbocycles. The zero-order valence-electron chi connectivity index (χ0n) is 13.2. The van der Waals surface area contributed by atoms with Crippen LogP contribution in [0.5, 0.6) is 0 Å². The Bertz CT molecular complexity index is 869. The number of hydrogen-bond donors (Lipinski definition) is 0. The summed E-state index contributed by atoms with van der Waals surface area (Å²) in [6.07, 6.45) is 2.08. The van der Waals surface area contributed by atoms with E-state index < -0.39 is 0 Å². The number of hydrogen-bond acceptors (Lipinski definition) is 1. The summed E-state index contributed by atoms with van der Waals surface area (Å²) < 4.78 is 5.10. The summed E-state index contributed by atoms with van der Waals surface area (Å²) in [5.74, 6) is 0.0792. The van der Waals surface area contributed by atoms with Crippen LogP contribution >= 0.6 is 15.9 Å². The van der Waals surface area contributed by atoms with Crippen molar-refractivity contribution in [2.75, 3.05) is 6.54 Å². The van der Waals surface area contributed by atoms with Crippen LogP contribution in [-0.2, 0) is 13.6 Å². The van der Waals surface area contributed by atoms with Crippen molar-refractivity contribution < 1.29 is 4.79 Å². The van der Waals surface area contributed by atoms with Crippen molar-refractivity contribution >= 4 is 32.7 Å². The highest BCUT2D eigenvalue weighted by Crippen LogP contribution is 2.34. The maximum absolute atomic E-state index is 13.2. The minimum Gasteiger partial charge on any atom is -0.348 e. The van der Waals surface area contributed by atoms with Gasteiger partial charge in [0.25, 0.3) is 5.91 Å². The molecule has 0 bridgehead atoms. The van der Waals surface area contributed by atoms with Crippen molar-refractivity contribution in [1.29, 1.82) is 0 Å². The summed E-state index contributed by atoms with van der Waals surface area (Å²) >= 11 is 3.64. The van der Waals surface area contributed by atoms with Gasteiger partial charge in [-0.2, -0.15) is 0 Å². The zero-order chi connectivity index (χ0) is 16.1. The van der Waals surface area contributed by atoms with Gasteiger partial charge in [-0.25, -0.2) is 0 Å². The number of rotatable bonds is 1. The first-order valence-electron chi connectivity index (χ1n) is 7.78. The van der Waals surface area contributed by atoms with Gasteiger partial charge in [0, 0.05) is 42.9 Å². The predicted octanol–water partition coefficient (Wildman–Crippen LogP) is 3.96. The summed E-state index contributed by atoms with van der Waals surface area (Å²) in [5.41, 5.74) is 2.98. The van der Waals surface area contributed by atoms with E-state index in [0.29, 0.717) is 0 Å². The second-order valence-electron chi connectivity index (χ2n) is 6.04. The topological polar surface area (TPSA) is 30.2 Å². The summed E-state index contributed by atoms with van der Waals surface area (Å²) in [6.45, 7) is 3.68. The van der Waals surface area contributed by atoms with E-state index in [4.69, 9.17) is 0 Å². The van der Waals surface area contributed by atoms with E-state index in [1.807, 2.05) is 46.8 Å². The highest BCUT2D eigenvalue weighted by Gasteiger charge is 2.31. The van der Waals surface area contributed by atoms with Crippen molar-refractivity contribution in [2.24, 2.45) is 7.05 Å². The molecule has 2 aromatic heterocycles. The first-order valence-corrected chi connectivity index (χ1v) is 8.58. The fraction of sp³-hybridized carbons (Fsp3) is 0.278. The zero-order valence-corrected chi connectivity index (χ0v) is 14.7. The maximum Gasteiger partial charge on any atom is 0.272 e. The molecule has 1 amide bonds. The van der Waals surface area contributed by atoms with Gasteiger partial charge in [0.05, 0.1) is 10.5 Å². The van der Waals surface area contributed by atoms with Gasteiger partial charge in [0.2, 0.25) is 0 Å². The number of amides is 1. The Kier molecular flexibility index (Phi) is 3.34. The van der Waals surface area contributed by atoms with Gasteiger partial charge in [-0.05, 0) is 41.1 Å². The van der Waals surface area contributed by atoms with Crippen LogP contribution in [0.15, 0.2) is 47.1 Å². The minimum atomic E-state index is 0.0792. The number of aryl methyl sites for hydroxylation is 1. The van der Waals surface area contributed by atoms with Crippen molar-refractivity contribution in [2.45, 2.75) is 19.5 Å². The molecule has 0 aliphatic carbocycles. The predicted molar refractivity (Wildman–Crippen MR) is 94.5 cm³/mol. The maximum atomic E-state index is 13.2. The third-order valence-corrected chi connectivity index (χ3v) is 5.65. The van der Waals surface area contributed by atoms with E-state index in [9.17, 15) is 4.79 Å². The van der Waals surface area contributed by atoms with Crippen LogP contribution in [0.1, 0.15) is 29.1 Å². The summed E-state index contributed by atoms with van der Waals surface area (Å²) in [4.78, 5) is 15.2. The number of halogens is 1. The molecule has 1 aromatic carbocycles. The number of para-hydroxylation sites is 1. The normalized spacial score (nSPS) is 17.5. The number of carbonyl (C=O) groups is 1. The lowest BCUT2D eigenvalue weighted by molar-refractivity contribution is 0.0633. The Morgan fingerprint density at radius 2 is 1.96 bits per heavy atom. The van der Waals surface area contributed by atoms with Crippen LogP contribution in [0.25, 0.3) is 10.9 Å². The molecule has 0 saturated heterocycles. The second kappa shape index (κ2) is 5.27. The van der Waals surface area contributed by atoms with Crippen LogP contribution in [0.3, 0.4) is 0 Å². The molecule has 1 aliphatic heterocycles. The number of benzene rings is 1. The smallest absolute Gasteiger partial charge is 0.272 e. The van der Waals surface area contributed by atoms with Gasteiger partial charge in [-0.3, -0.25) is 4.79 Å². The molecule has 3 heterocycles. The van der Waals surface area contributed by atoms with E-state index >= 15 is 0 Å². The third-order valence-electron chi connectivity index (χ3n) is 4.85. The van der Waals surface area contributed by atoms with Crippen molar-refractivity contribution in [1.82, 2.24) is 14.0 Å². The fourth-order valence-electron chi connectivity index (χ4n) is 3.58. The second-order valence-corrected chi connectivity index (χ2v) is 6.83. The number of fused-ring (bicyclic) bond motifs is 2. The fourth-order valence-corrected chi connectivity index (χ4v) is 4.35. The summed E-state index contributed by atoms with van der Waals surface area (Å²) in [7, 11) is 1.96. The largest absolute Gasteiger partial charge is 0.348 e. The molecule has 1 atom stereocenters. The standard InChI is InChI=1S/C18H18BrN3O/c1-12-14-8-5-9-21(14)10-11-22(12)18(23)17-16(19)13-6-3-4-7-15(13)20(17)2/h3-9,12H,10-11H2,1-2H3. The van der Waals surface area contributed by atoms with E-state index in [-0.39, 0.29) is 11.9 Å². The van der Waals surface area contributed by atoms with E-state index in [1.54, 1.807) is 0 Å². The van der Waals surface area contributed by atoms with Gasteiger partial charge in [-0.15, -0.1) is 0 Å². The van der Waals surface area contributed by atoms with Gasteiger partial charge in [0.1, 0.15) is 5.69 Å². The molecule has 5 heteroatoms. The SMILES string of the molecule is CC1c2cccn2CCN1C(=O)c1c(Br)c2ccccc2n1C. The van der Waals surface area contributed by atoms with E-state index in [1.165, 1.54) is 5.69 Å². The average Bonchev–Trinajstić information content (AvgIpc) is 3.13. The molecule has 23 heavy (non-hydrogen) atoms. The minimum absolute atomic E-state index is 0.0792. The van der Waals surface area contributed by atoms with Gasteiger partial charge >= 0.3 is 0 Å². The molecule has 4 nitrogen and oxygen atoms in total. The lowest BCUT2D eigenvalue weighted by Gasteiger charge is -2.35. The molecule has 0 fully saturated rings. The lowest BCUT2D eigenvalue weighted by atomic mass is 10.1. The van der Waals surface area contributed by atoms with E-state index in [0.717, 1.165) is 34.2 Å². The molecular formula is C18H18BrN3O. The summed E-state index contributed by atoms with van der Waals surface area (Å²) in [5, 5.41) is 1.08. The molecule has 118 valence electrons. The molecule has 1 unspecified atom stereocenters. The van der Waals surface area contributed by atoms with Gasteiger partial charge in [0.15, 0.2) is 0 Å². The first-order chi connectivity index (χ1) is 11.1. The number of aromatic nitrogens is 2. The Balaban J connectivity index is 1.79. The van der Waals surface area contributed by atoms with Crippen LogP contribution in [0.4, 0.5) is 0 Å². The van der Waals surface area contributed by atoms with Crippen molar-refractivity contribution in [3.63, 3.8) is 0 Å². The molecule has 0 radical (unpaired) electrons. The molecule has 1 aliphatic rings. The third kappa shape index (κ3) is 2.06. The Labute approximate surface area is 143 Å². The van der Waals surface area contributed by atoms with Gasteiger partial charge in [-0.1, -0.05) is 18.2 Å². The molecule has 3 aromatic rings. The molecule has 0 spiro atoms. The van der Waals surface area contributed by atoms with Crippen LogP contribution in [-0.4, -0.2) is 26.5 Å². The van der Waals surface area contributed by atoms with Crippen molar-refractivity contribution in [3.05, 3.63) is 58.5 Å². The van der Waals surface area contributed by atoms with E-state index in [2.05, 4.69) is 39.7 Å². The monoisotopic (exact) mass is 371 g/mol. The number of carbonyl (C=O) groups excluding carboxylic acids is 1. The first kappa shape index (κ1) is 14.6. The van der Waals surface area contributed by atoms with Crippen LogP contribution < -0.4 is 0 Å². The highest BCUT2D eigenvalue weighted by molar-refractivity contribution is 9.10. The Morgan fingerprint density at radius 3 is 2.74 bits per heavy atom. The average molecular weight is 372 g/mol. The lowest BCUT2D eigenvalue weighted by Crippen LogP contribution is -2.41. The molecule has 4 rings (SSSR count). The van der Waals surface area contributed by atoms with Crippen LogP contribution in [0, 0.1) is 0 Å². The number of nitrogens with zero attached hydrogens (tertiary/aromatic N) is 3. The Morgan fingerprint density at radius 1 is 1.17 bits per heavy atom. The molecular weight excluding hydrogens is 354 g/mol. The molecule has 0 N–H and O–H groups in total.